The Morgan fingerprint density at radius 1 is 0.733 bits per heavy atom. The van der Waals surface area contributed by atoms with Crippen molar-refractivity contribution in [1.29, 1.82) is 0 Å². The van der Waals surface area contributed by atoms with Gasteiger partial charge in [0.25, 0.3) is 0 Å². The fourth-order valence-corrected chi connectivity index (χ4v) is 1.20. The molecule has 0 aliphatic heterocycles. The molecule has 94 valence electrons. The SMILES string of the molecule is CCC.CCCCCN(O)CCCCC. The second-order valence-electron chi connectivity index (χ2n) is 4.07. The van der Waals surface area contributed by atoms with Crippen LogP contribution < -0.4 is 0 Å². The zero-order chi connectivity index (χ0) is 11.9. The molecule has 15 heavy (non-hydrogen) atoms. The van der Waals surface area contributed by atoms with Gasteiger partial charge in [-0.3, -0.25) is 0 Å². The van der Waals surface area contributed by atoms with E-state index in [1.54, 1.807) is 0 Å². The molecule has 0 aromatic rings. The Hall–Kier alpha value is -0.0800. The highest BCUT2D eigenvalue weighted by Gasteiger charge is 1.98. The van der Waals surface area contributed by atoms with E-state index >= 15 is 0 Å². The van der Waals surface area contributed by atoms with Gasteiger partial charge in [-0.15, -0.1) is 0 Å². The molecule has 0 saturated carbocycles. The van der Waals surface area contributed by atoms with E-state index < -0.39 is 0 Å². The van der Waals surface area contributed by atoms with Crippen molar-refractivity contribution < 1.29 is 5.21 Å². The molecular weight excluding hydrogens is 186 g/mol. The number of hydrogen-bond donors (Lipinski definition) is 1. The van der Waals surface area contributed by atoms with Crippen molar-refractivity contribution in [3.05, 3.63) is 0 Å². The third-order valence-electron chi connectivity index (χ3n) is 2.04. The van der Waals surface area contributed by atoms with Gasteiger partial charge in [-0.2, -0.15) is 5.06 Å². The van der Waals surface area contributed by atoms with Gasteiger partial charge in [0, 0.05) is 13.1 Å². The Morgan fingerprint density at radius 2 is 1.07 bits per heavy atom. The van der Waals surface area contributed by atoms with Crippen LogP contribution in [-0.4, -0.2) is 23.4 Å². The van der Waals surface area contributed by atoms with E-state index in [2.05, 4.69) is 27.7 Å². The van der Waals surface area contributed by atoms with Crippen molar-refractivity contribution >= 4 is 0 Å². The summed E-state index contributed by atoms with van der Waals surface area (Å²) in [7, 11) is 0. The molecule has 1 N–H and O–H groups in total. The highest BCUT2D eigenvalue weighted by Crippen LogP contribution is 1.99. The lowest BCUT2D eigenvalue weighted by Crippen LogP contribution is -2.21. The Labute approximate surface area is 96.6 Å². The van der Waals surface area contributed by atoms with Crippen molar-refractivity contribution in [2.45, 2.75) is 72.6 Å². The third kappa shape index (κ3) is 20.1. The van der Waals surface area contributed by atoms with Crippen LogP contribution in [0.1, 0.15) is 72.6 Å². The smallest absolute Gasteiger partial charge is 0.0238 e. The van der Waals surface area contributed by atoms with Gasteiger partial charge in [0.05, 0.1) is 0 Å². The second kappa shape index (κ2) is 16.4. The third-order valence-corrected chi connectivity index (χ3v) is 2.04. The average Bonchev–Trinajstić information content (AvgIpc) is 2.20. The van der Waals surface area contributed by atoms with Crippen molar-refractivity contribution in [2.24, 2.45) is 0 Å². The van der Waals surface area contributed by atoms with Crippen molar-refractivity contribution in [2.75, 3.05) is 13.1 Å². The predicted octanol–water partition coefficient (Wildman–Crippen LogP) is 4.47. The van der Waals surface area contributed by atoms with Gasteiger partial charge in [-0.1, -0.05) is 59.8 Å². The predicted molar refractivity (Wildman–Crippen MR) is 68.4 cm³/mol. The van der Waals surface area contributed by atoms with Crippen molar-refractivity contribution in [3.63, 3.8) is 0 Å². The number of rotatable bonds is 8. The molecule has 0 aliphatic rings. The van der Waals surface area contributed by atoms with Gasteiger partial charge < -0.3 is 5.21 Å². The zero-order valence-corrected chi connectivity index (χ0v) is 11.3. The molecule has 0 amide bonds. The lowest BCUT2D eigenvalue weighted by atomic mass is 10.2. The summed E-state index contributed by atoms with van der Waals surface area (Å²) in [6.45, 7) is 10.3. The van der Waals surface area contributed by atoms with Crippen LogP contribution >= 0.6 is 0 Å². The van der Waals surface area contributed by atoms with Crippen LogP contribution in [-0.2, 0) is 0 Å². The molecule has 0 aromatic carbocycles. The topological polar surface area (TPSA) is 23.5 Å². The molecule has 2 nitrogen and oxygen atoms in total. The van der Waals surface area contributed by atoms with Gasteiger partial charge in [0.2, 0.25) is 0 Å². The van der Waals surface area contributed by atoms with Gasteiger partial charge in [0.1, 0.15) is 0 Å². The number of hydrogen-bond acceptors (Lipinski definition) is 2. The van der Waals surface area contributed by atoms with E-state index in [1.807, 2.05) is 0 Å². The fourth-order valence-electron chi connectivity index (χ4n) is 1.20. The largest absolute Gasteiger partial charge is 0.314 e. The van der Waals surface area contributed by atoms with Crippen molar-refractivity contribution in [1.82, 2.24) is 5.06 Å². The molecule has 0 heterocycles. The van der Waals surface area contributed by atoms with Gasteiger partial charge in [0.15, 0.2) is 0 Å². The van der Waals surface area contributed by atoms with Crippen LogP contribution in [0.2, 0.25) is 0 Å². The first-order chi connectivity index (χ1) is 7.22. The Balaban J connectivity index is 0. The standard InChI is InChI=1S/C10H23NO.C3H8/c1-3-5-7-9-11(12)10-8-6-4-2;1-3-2/h12H,3-10H2,1-2H3;3H2,1-2H3. The molecule has 0 unspecified atom stereocenters. The Bertz CT molecular complexity index is 86.5. The minimum absolute atomic E-state index is 0.845. The molecule has 2 heteroatoms. The van der Waals surface area contributed by atoms with Crippen LogP contribution in [0, 0.1) is 0 Å². The summed E-state index contributed by atoms with van der Waals surface area (Å²) in [5.74, 6) is 0. The summed E-state index contributed by atoms with van der Waals surface area (Å²) in [6.07, 6.45) is 8.40. The van der Waals surface area contributed by atoms with E-state index in [1.165, 1.54) is 37.2 Å². The summed E-state index contributed by atoms with van der Waals surface area (Å²) < 4.78 is 0. The lowest BCUT2D eigenvalue weighted by molar-refractivity contribution is -0.0923. The van der Waals surface area contributed by atoms with Crippen LogP contribution in [0.4, 0.5) is 0 Å². The number of nitrogens with zero attached hydrogens (tertiary/aromatic N) is 1. The fraction of sp³-hybridized carbons (Fsp3) is 1.00. The van der Waals surface area contributed by atoms with Crippen LogP contribution in [0.15, 0.2) is 0 Å². The lowest BCUT2D eigenvalue weighted by Gasteiger charge is -2.13. The van der Waals surface area contributed by atoms with Crippen LogP contribution in [0.25, 0.3) is 0 Å². The summed E-state index contributed by atoms with van der Waals surface area (Å²) in [6, 6.07) is 0. The summed E-state index contributed by atoms with van der Waals surface area (Å²) >= 11 is 0. The van der Waals surface area contributed by atoms with Gasteiger partial charge in [-0.05, 0) is 12.8 Å². The number of unbranched alkanes of at least 4 members (excludes halogenated alkanes) is 4. The van der Waals surface area contributed by atoms with E-state index in [9.17, 15) is 5.21 Å². The molecule has 0 atom stereocenters. The van der Waals surface area contributed by atoms with E-state index in [-0.39, 0.29) is 0 Å². The van der Waals surface area contributed by atoms with Gasteiger partial charge >= 0.3 is 0 Å². The highest BCUT2D eigenvalue weighted by atomic mass is 16.5. The first kappa shape index (κ1) is 17.3. The maximum absolute atomic E-state index is 9.34. The van der Waals surface area contributed by atoms with E-state index in [0.717, 1.165) is 25.9 Å². The second-order valence-corrected chi connectivity index (χ2v) is 4.07. The molecular formula is C13H31NO. The maximum Gasteiger partial charge on any atom is 0.0238 e. The summed E-state index contributed by atoms with van der Waals surface area (Å²) in [5, 5.41) is 10.8. The Morgan fingerprint density at radius 3 is 1.33 bits per heavy atom. The van der Waals surface area contributed by atoms with E-state index in [0.29, 0.717) is 0 Å². The molecule has 0 aliphatic carbocycles. The minimum Gasteiger partial charge on any atom is -0.314 e. The summed E-state index contributed by atoms with van der Waals surface area (Å²) in [4.78, 5) is 0. The van der Waals surface area contributed by atoms with Crippen molar-refractivity contribution in [3.8, 4) is 0 Å². The van der Waals surface area contributed by atoms with E-state index in [4.69, 9.17) is 0 Å². The molecule has 0 radical (unpaired) electrons. The Kier molecular flexibility index (Phi) is 18.9. The minimum atomic E-state index is 0.845. The summed E-state index contributed by atoms with van der Waals surface area (Å²) in [5.41, 5.74) is 0. The first-order valence-electron chi connectivity index (χ1n) is 6.66. The normalized spacial score (nSPS) is 10.0. The average molecular weight is 217 g/mol. The zero-order valence-electron chi connectivity index (χ0n) is 11.3. The van der Waals surface area contributed by atoms with Crippen LogP contribution in [0.3, 0.4) is 0 Å². The molecule has 0 spiro atoms. The quantitative estimate of drug-likeness (QED) is 0.479. The number of hydroxylamine groups is 2. The highest BCUT2D eigenvalue weighted by molar-refractivity contribution is 4.47. The maximum atomic E-state index is 9.34. The van der Waals surface area contributed by atoms with Crippen LogP contribution in [0.5, 0.6) is 0 Å². The molecule has 0 aromatic heterocycles. The van der Waals surface area contributed by atoms with Gasteiger partial charge in [-0.25, -0.2) is 0 Å². The molecule has 0 saturated heterocycles. The molecule has 0 rings (SSSR count). The first-order valence-corrected chi connectivity index (χ1v) is 6.66. The molecule has 0 bridgehead atoms. The monoisotopic (exact) mass is 217 g/mol. The molecule has 0 fully saturated rings.